The Bertz CT molecular complexity index is 211. The van der Waals surface area contributed by atoms with Crippen molar-refractivity contribution >= 4 is 13.2 Å². The van der Waals surface area contributed by atoms with Crippen LogP contribution in [0.3, 0.4) is 0 Å². The van der Waals surface area contributed by atoms with Crippen LogP contribution in [-0.4, -0.2) is 9.97 Å². The van der Waals surface area contributed by atoms with Gasteiger partial charge in [-0.3, -0.25) is 0 Å². The second-order valence-corrected chi connectivity index (χ2v) is 1.33. The van der Waals surface area contributed by atoms with Crippen molar-refractivity contribution in [3.05, 3.63) is 17.0 Å². The average molecular weight is 124 g/mol. The highest BCUT2D eigenvalue weighted by Gasteiger charge is 1.73. The molecule has 0 aromatic carbocycles. The topological polar surface area (TPSA) is 28.7 Å². The zero-order valence-corrected chi connectivity index (χ0v) is 5.94. The van der Waals surface area contributed by atoms with E-state index in [1.165, 1.54) is 0 Å². The first-order valence-corrected chi connectivity index (χ1v) is 2.98. The number of aromatic nitrogens is 2. The Hall–Kier alpha value is -1.05. The molecule has 0 fully saturated rings. The molecule has 1 N–H and O–H groups in total. The minimum Gasteiger partial charge on any atom is -0.345 e. The van der Waals surface area contributed by atoms with E-state index in [1.807, 2.05) is 13.8 Å². The predicted molar refractivity (Wildman–Crippen MR) is 40.2 cm³/mol. The number of nitrogens with one attached hydrogen (secondary N) is 1. The fourth-order valence-corrected chi connectivity index (χ4v) is 0.349. The SMILES string of the molecule is C=c1nc[nH]c1=C.CC. The van der Waals surface area contributed by atoms with E-state index in [4.69, 9.17) is 0 Å². The molecule has 1 aromatic heterocycles. The Balaban J connectivity index is 0.000000291. The van der Waals surface area contributed by atoms with Crippen LogP contribution in [0, 0.1) is 0 Å². The second-order valence-electron chi connectivity index (χ2n) is 1.33. The molecule has 2 nitrogen and oxygen atoms in total. The molecule has 0 aliphatic carbocycles. The molecule has 0 bridgehead atoms. The molecule has 0 radical (unpaired) electrons. The van der Waals surface area contributed by atoms with Gasteiger partial charge in [0.1, 0.15) is 0 Å². The molecule has 2 heteroatoms. The number of aromatic amines is 1. The molecule has 1 heterocycles. The van der Waals surface area contributed by atoms with Crippen LogP contribution in [-0.2, 0) is 0 Å². The lowest BCUT2D eigenvalue weighted by Gasteiger charge is -1.59. The maximum Gasteiger partial charge on any atom is 0.0931 e. The maximum absolute atomic E-state index is 3.79. The number of rotatable bonds is 0. The number of hydrogen-bond acceptors (Lipinski definition) is 1. The maximum atomic E-state index is 3.79. The van der Waals surface area contributed by atoms with Crippen molar-refractivity contribution < 1.29 is 0 Å². The van der Waals surface area contributed by atoms with Gasteiger partial charge in [-0.05, 0) is 0 Å². The Morgan fingerprint density at radius 1 is 1.44 bits per heavy atom. The first-order chi connectivity index (χ1) is 4.30. The van der Waals surface area contributed by atoms with Crippen molar-refractivity contribution in [2.75, 3.05) is 0 Å². The van der Waals surface area contributed by atoms with Crippen molar-refractivity contribution in [3.8, 4) is 0 Å². The number of nitrogens with zero attached hydrogens (tertiary/aromatic N) is 1. The van der Waals surface area contributed by atoms with Gasteiger partial charge >= 0.3 is 0 Å². The number of hydrogen-bond donors (Lipinski definition) is 1. The molecule has 1 rings (SSSR count). The summed E-state index contributed by atoms with van der Waals surface area (Å²) in [6, 6.07) is 0. The normalized spacial score (nSPS) is 7.78. The highest BCUT2D eigenvalue weighted by Crippen LogP contribution is 1.42. The van der Waals surface area contributed by atoms with Gasteiger partial charge in [-0.1, -0.05) is 27.0 Å². The van der Waals surface area contributed by atoms with Crippen LogP contribution in [0.25, 0.3) is 13.2 Å². The highest BCUT2D eigenvalue weighted by atomic mass is 14.8. The van der Waals surface area contributed by atoms with E-state index in [1.54, 1.807) is 6.33 Å². The van der Waals surface area contributed by atoms with Gasteiger partial charge < -0.3 is 4.98 Å². The summed E-state index contributed by atoms with van der Waals surface area (Å²) in [5.74, 6) is 0. The minimum atomic E-state index is 0.722. The van der Waals surface area contributed by atoms with Crippen molar-refractivity contribution in [3.63, 3.8) is 0 Å². The first kappa shape index (κ1) is 7.95. The molecular formula is C7H12N2. The monoisotopic (exact) mass is 124 g/mol. The van der Waals surface area contributed by atoms with Crippen molar-refractivity contribution in [1.82, 2.24) is 9.97 Å². The third kappa shape index (κ3) is 2.13. The van der Waals surface area contributed by atoms with E-state index in [9.17, 15) is 0 Å². The minimum absolute atomic E-state index is 0.722. The molecule has 0 aliphatic heterocycles. The Labute approximate surface area is 54.9 Å². The Morgan fingerprint density at radius 2 is 2.00 bits per heavy atom. The second kappa shape index (κ2) is 3.89. The third-order valence-electron chi connectivity index (χ3n) is 0.808. The smallest absolute Gasteiger partial charge is 0.0931 e. The Kier molecular flexibility index (Phi) is 3.44. The number of H-pyrrole nitrogens is 1. The molecule has 50 valence electrons. The summed E-state index contributed by atoms with van der Waals surface area (Å²) >= 11 is 0. The summed E-state index contributed by atoms with van der Waals surface area (Å²) in [5.41, 5.74) is 0. The van der Waals surface area contributed by atoms with Gasteiger partial charge in [-0.25, -0.2) is 4.98 Å². The van der Waals surface area contributed by atoms with E-state index in [0.717, 1.165) is 10.7 Å². The summed E-state index contributed by atoms with van der Waals surface area (Å²) in [6.45, 7) is 11.2. The van der Waals surface area contributed by atoms with Crippen molar-refractivity contribution in [2.45, 2.75) is 13.8 Å². The lowest BCUT2D eigenvalue weighted by molar-refractivity contribution is 1.29. The van der Waals surface area contributed by atoms with Gasteiger partial charge in [-0.2, -0.15) is 0 Å². The molecule has 0 unspecified atom stereocenters. The molecule has 0 saturated heterocycles. The van der Waals surface area contributed by atoms with Crippen LogP contribution < -0.4 is 10.7 Å². The molecular weight excluding hydrogens is 112 g/mol. The molecule has 1 aromatic rings. The number of imidazole rings is 1. The lowest BCUT2D eigenvalue weighted by atomic mass is 10.6. The Morgan fingerprint density at radius 3 is 2.11 bits per heavy atom. The van der Waals surface area contributed by atoms with E-state index < -0.39 is 0 Å². The largest absolute Gasteiger partial charge is 0.345 e. The average Bonchev–Trinajstić information content (AvgIpc) is 2.23. The summed E-state index contributed by atoms with van der Waals surface area (Å²) < 4.78 is 0. The molecule has 0 spiro atoms. The zero-order chi connectivity index (χ0) is 7.28. The fourth-order valence-electron chi connectivity index (χ4n) is 0.349. The zero-order valence-electron chi connectivity index (χ0n) is 5.94. The third-order valence-corrected chi connectivity index (χ3v) is 0.808. The van der Waals surface area contributed by atoms with Crippen molar-refractivity contribution in [1.29, 1.82) is 0 Å². The van der Waals surface area contributed by atoms with Gasteiger partial charge in [0.05, 0.1) is 17.0 Å². The summed E-state index contributed by atoms with van der Waals surface area (Å²) in [6.07, 6.45) is 1.57. The van der Waals surface area contributed by atoms with Gasteiger partial charge in [-0.15, -0.1) is 0 Å². The van der Waals surface area contributed by atoms with E-state index >= 15 is 0 Å². The van der Waals surface area contributed by atoms with Crippen LogP contribution in [0.4, 0.5) is 0 Å². The van der Waals surface area contributed by atoms with Gasteiger partial charge in [0.25, 0.3) is 0 Å². The van der Waals surface area contributed by atoms with Crippen LogP contribution in [0.1, 0.15) is 13.8 Å². The summed E-state index contributed by atoms with van der Waals surface area (Å²) in [7, 11) is 0. The fraction of sp³-hybridized carbons (Fsp3) is 0.286. The molecule has 0 atom stereocenters. The van der Waals surface area contributed by atoms with Gasteiger partial charge in [0.15, 0.2) is 0 Å². The molecule has 9 heavy (non-hydrogen) atoms. The molecule has 0 amide bonds. The quantitative estimate of drug-likeness (QED) is 0.528. The highest BCUT2D eigenvalue weighted by molar-refractivity contribution is 5.01. The standard InChI is InChI=1S/C5H6N2.C2H6/c1-4-5(2)7-3-6-4;1-2/h3H,1-2H2,(H,6,7);1-2H3. The molecule has 0 saturated carbocycles. The molecule has 0 aliphatic rings. The summed E-state index contributed by atoms with van der Waals surface area (Å²) in [5, 5.41) is 1.51. The van der Waals surface area contributed by atoms with Gasteiger partial charge in [0, 0.05) is 0 Å². The van der Waals surface area contributed by atoms with E-state index in [0.29, 0.717) is 0 Å². The van der Waals surface area contributed by atoms with E-state index in [-0.39, 0.29) is 0 Å². The van der Waals surface area contributed by atoms with Crippen LogP contribution in [0.2, 0.25) is 0 Å². The lowest BCUT2D eigenvalue weighted by Crippen LogP contribution is -2.19. The van der Waals surface area contributed by atoms with Crippen molar-refractivity contribution in [2.24, 2.45) is 0 Å². The van der Waals surface area contributed by atoms with E-state index in [2.05, 4.69) is 23.1 Å². The van der Waals surface area contributed by atoms with Crippen LogP contribution in [0.5, 0.6) is 0 Å². The predicted octanol–water partition coefficient (Wildman–Crippen LogP) is 0.256. The first-order valence-electron chi connectivity index (χ1n) is 2.98. The van der Waals surface area contributed by atoms with Crippen LogP contribution in [0.15, 0.2) is 6.33 Å². The summed E-state index contributed by atoms with van der Waals surface area (Å²) in [4.78, 5) is 6.57. The van der Waals surface area contributed by atoms with Crippen LogP contribution >= 0.6 is 0 Å². The van der Waals surface area contributed by atoms with Gasteiger partial charge in [0.2, 0.25) is 0 Å².